The smallest absolute Gasteiger partial charge is 0.229 e. The van der Waals surface area contributed by atoms with Gasteiger partial charge in [-0.15, -0.1) is 0 Å². The molecular weight excluding hydrogens is 454 g/mol. The molecule has 4 rings (SSSR count). The van der Waals surface area contributed by atoms with Crippen molar-refractivity contribution in [2.24, 2.45) is 0 Å². The molecule has 2 N–H and O–H groups in total. The molecule has 9 heteroatoms. The Kier molecular flexibility index (Phi) is 8.57. The Labute approximate surface area is 208 Å². The predicted molar refractivity (Wildman–Crippen MR) is 143 cm³/mol. The fourth-order valence-corrected chi connectivity index (χ4v) is 5.12. The number of halogens is 1. The molecule has 0 bridgehead atoms. The predicted octanol–water partition coefficient (Wildman–Crippen LogP) is 4.21. The molecule has 0 unspecified atom stereocenters. The molecule has 2 aliphatic rings. The second-order valence-electron chi connectivity index (χ2n) is 9.18. The SMILES string of the molecule is C[C@H](CCS)Nc1nc(Nc2ccc(N3CCC(N4CCN(C)CC4)CC3)cc2)ncc1Cl. The highest BCUT2D eigenvalue weighted by Crippen LogP contribution is 2.26. The highest BCUT2D eigenvalue weighted by molar-refractivity contribution is 7.80. The number of hydrogen-bond donors (Lipinski definition) is 3. The normalized spacial score (nSPS) is 19.5. The summed E-state index contributed by atoms with van der Waals surface area (Å²) in [4.78, 5) is 16.5. The third-order valence-electron chi connectivity index (χ3n) is 6.70. The topological polar surface area (TPSA) is 59.6 Å². The highest BCUT2D eigenvalue weighted by atomic mass is 35.5. The number of anilines is 4. The van der Waals surface area contributed by atoms with Crippen LogP contribution in [0.25, 0.3) is 0 Å². The molecule has 2 fully saturated rings. The summed E-state index contributed by atoms with van der Waals surface area (Å²) in [6, 6.07) is 9.52. The number of hydrogen-bond acceptors (Lipinski definition) is 8. The van der Waals surface area contributed by atoms with Crippen LogP contribution in [0.4, 0.5) is 23.1 Å². The van der Waals surface area contributed by atoms with Gasteiger partial charge in [-0.3, -0.25) is 4.90 Å². The molecule has 2 aromatic rings. The number of nitrogens with zero attached hydrogens (tertiary/aromatic N) is 5. The van der Waals surface area contributed by atoms with Crippen molar-refractivity contribution in [3.8, 4) is 0 Å². The maximum absolute atomic E-state index is 6.27. The molecule has 33 heavy (non-hydrogen) atoms. The maximum Gasteiger partial charge on any atom is 0.229 e. The number of aromatic nitrogens is 2. The first kappa shape index (κ1) is 24.4. The van der Waals surface area contributed by atoms with E-state index >= 15 is 0 Å². The van der Waals surface area contributed by atoms with Gasteiger partial charge in [0.1, 0.15) is 5.02 Å². The van der Waals surface area contributed by atoms with E-state index in [1.165, 1.54) is 44.7 Å². The number of likely N-dealkylation sites (N-methyl/N-ethyl adjacent to an activating group) is 1. The highest BCUT2D eigenvalue weighted by Gasteiger charge is 2.26. The van der Waals surface area contributed by atoms with E-state index in [1.807, 2.05) is 0 Å². The van der Waals surface area contributed by atoms with Gasteiger partial charge < -0.3 is 20.4 Å². The van der Waals surface area contributed by atoms with Crippen LogP contribution in [0.5, 0.6) is 0 Å². The van der Waals surface area contributed by atoms with E-state index < -0.39 is 0 Å². The fraction of sp³-hybridized carbons (Fsp3) is 0.583. The molecule has 1 aromatic heterocycles. The van der Waals surface area contributed by atoms with E-state index in [-0.39, 0.29) is 6.04 Å². The van der Waals surface area contributed by atoms with Gasteiger partial charge in [0, 0.05) is 62.7 Å². The van der Waals surface area contributed by atoms with Gasteiger partial charge in [0.25, 0.3) is 0 Å². The summed E-state index contributed by atoms with van der Waals surface area (Å²) in [6.07, 6.45) is 5.04. The first-order valence-corrected chi connectivity index (χ1v) is 13.0. The van der Waals surface area contributed by atoms with Crippen LogP contribution < -0.4 is 15.5 Å². The Morgan fingerprint density at radius 3 is 2.45 bits per heavy atom. The van der Waals surface area contributed by atoms with E-state index in [0.717, 1.165) is 37.0 Å². The summed E-state index contributed by atoms with van der Waals surface area (Å²) in [5.74, 6) is 1.98. The Balaban J connectivity index is 1.31. The second-order valence-corrected chi connectivity index (χ2v) is 10.0. The molecule has 0 radical (unpaired) electrons. The standard InChI is InChI=1S/C24H36ClN7S/c1-18(9-16-33)27-23-22(25)17-26-24(29-23)28-19-3-5-20(6-4-19)31-10-7-21(8-11-31)32-14-12-30(2)13-15-32/h3-6,17-18,21,33H,7-16H2,1-2H3,(H2,26,27,28,29)/t18-/m1/s1. The van der Waals surface area contributed by atoms with Crippen LogP contribution in [0.2, 0.25) is 5.02 Å². The van der Waals surface area contributed by atoms with Crippen molar-refractivity contribution in [3.05, 3.63) is 35.5 Å². The van der Waals surface area contributed by atoms with Crippen LogP contribution in [0.15, 0.2) is 30.5 Å². The van der Waals surface area contributed by atoms with Crippen LogP contribution in [0.1, 0.15) is 26.2 Å². The van der Waals surface area contributed by atoms with E-state index in [1.54, 1.807) is 6.20 Å². The van der Waals surface area contributed by atoms with Crippen LogP contribution in [0, 0.1) is 0 Å². The monoisotopic (exact) mass is 489 g/mol. The van der Waals surface area contributed by atoms with Gasteiger partial charge in [0.2, 0.25) is 5.95 Å². The van der Waals surface area contributed by atoms with Gasteiger partial charge in [-0.2, -0.15) is 17.6 Å². The van der Waals surface area contributed by atoms with E-state index in [2.05, 4.69) is 86.2 Å². The minimum atomic E-state index is 0.238. The van der Waals surface area contributed by atoms with Gasteiger partial charge >= 0.3 is 0 Å². The Bertz CT molecular complexity index is 881. The molecule has 2 aliphatic heterocycles. The first-order chi connectivity index (χ1) is 16.0. The number of piperidine rings is 1. The average Bonchev–Trinajstić information content (AvgIpc) is 2.83. The van der Waals surface area contributed by atoms with Crippen molar-refractivity contribution in [1.82, 2.24) is 19.8 Å². The van der Waals surface area contributed by atoms with Gasteiger partial charge in [-0.25, -0.2) is 4.98 Å². The Morgan fingerprint density at radius 1 is 1.09 bits per heavy atom. The summed E-state index contributed by atoms with van der Waals surface area (Å²) in [7, 11) is 2.22. The number of piperazine rings is 1. The van der Waals surface area contributed by atoms with Gasteiger partial charge in [-0.05, 0) is 63.3 Å². The summed E-state index contributed by atoms with van der Waals surface area (Å²) in [5, 5.41) is 7.15. The minimum Gasteiger partial charge on any atom is -0.371 e. The van der Waals surface area contributed by atoms with Crippen LogP contribution in [0.3, 0.4) is 0 Å². The largest absolute Gasteiger partial charge is 0.371 e. The van der Waals surface area contributed by atoms with Gasteiger partial charge in [0.15, 0.2) is 5.82 Å². The lowest BCUT2D eigenvalue weighted by atomic mass is 10.0. The Morgan fingerprint density at radius 2 is 1.79 bits per heavy atom. The molecule has 1 atom stereocenters. The summed E-state index contributed by atoms with van der Waals surface area (Å²) in [6.45, 7) is 9.12. The van der Waals surface area contributed by atoms with Crippen molar-refractivity contribution >= 4 is 47.4 Å². The summed E-state index contributed by atoms with van der Waals surface area (Å²) < 4.78 is 0. The quantitative estimate of drug-likeness (QED) is 0.480. The third kappa shape index (κ3) is 6.66. The molecule has 0 aliphatic carbocycles. The molecule has 0 amide bonds. The number of benzene rings is 1. The zero-order valence-electron chi connectivity index (χ0n) is 19.7. The molecule has 2 saturated heterocycles. The van der Waals surface area contributed by atoms with Crippen LogP contribution in [-0.4, -0.2) is 83.9 Å². The van der Waals surface area contributed by atoms with Crippen LogP contribution >= 0.6 is 24.2 Å². The summed E-state index contributed by atoms with van der Waals surface area (Å²) >= 11 is 10.6. The molecule has 180 valence electrons. The van der Waals surface area contributed by atoms with Crippen molar-refractivity contribution in [2.45, 2.75) is 38.3 Å². The third-order valence-corrected chi connectivity index (χ3v) is 7.23. The van der Waals surface area contributed by atoms with E-state index in [4.69, 9.17) is 11.6 Å². The zero-order valence-corrected chi connectivity index (χ0v) is 21.3. The number of nitrogens with one attached hydrogen (secondary N) is 2. The Hall–Kier alpha value is -1.74. The molecular formula is C24H36ClN7S. The molecule has 7 nitrogen and oxygen atoms in total. The fourth-order valence-electron chi connectivity index (χ4n) is 4.59. The number of thiol groups is 1. The lowest BCUT2D eigenvalue weighted by molar-refractivity contribution is 0.0982. The summed E-state index contributed by atoms with van der Waals surface area (Å²) in [5.41, 5.74) is 2.24. The van der Waals surface area contributed by atoms with Gasteiger partial charge in [-0.1, -0.05) is 11.6 Å². The van der Waals surface area contributed by atoms with Crippen molar-refractivity contribution < 1.29 is 0 Å². The first-order valence-electron chi connectivity index (χ1n) is 12.0. The van der Waals surface area contributed by atoms with Crippen molar-refractivity contribution in [3.63, 3.8) is 0 Å². The van der Waals surface area contributed by atoms with Crippen molar-refractivity contribution in [1.29, 1.82) is 0 Å². The lowest BCUT2D eigenvalue weighted by Crippen LogP contribution is -2.52. The van der Waals surface area contributed by atoms with E-state index in [0.29, 0.717) is 16.8 Å². The minimum absolute atomic E-state index is 0.238. The van der Waals surface area contributed by atoms with Crippen LogP contribution in [-0.2, 0) is 0 Å². The molecule has 0 spiro atoms. The zero-order chi connectivity index (χ0) is 23.2. The maximum atomic E-state index is 6.27. The molecule has 0 saturated carbocycles. The second kappa shape index (κ2) is 11.6. The molecule has 1 aromatic carbocycles. The van der Waals surface area contributed by atoms with Crippen molar-refractivity contribution in [2.75, 3.05) is 67.6 Å². The average molecular weight is 490 g/mol. The van der Waals surface area contributed by atoms with E-state index in [9.17, 15) is 0 Å². The number of rotatable bonds is 8. The van der Waals surface area contributed by atoms with Gasteiger partial charge in [0.05, 0.1) is 6.20 Å². The lowest BCUT2D eigenvalue weighted by Gasteiger charge is -2.42. The molecule has 3 heterocycles.